The van der Waals surface area contributed by atoms with Crippen LogP contribution in [-0.2, 0) is 16.1 Å². The second-order valence-corrected chi connectivity index (χ2v) is 11.6. The van der Waals surface area contributed by atoms with Crippen LogP contribution in [0.1, 0.15) is 52.0 Å². The number of nitrogens with zero attached hydrogens (tertiary/aromatic N) is 4. The molecule has 1 saturated carbocycles. The van der Waals surface area contributed by atoms with Crippen molar-refractivity contribution in [1.29, 1.82) is 0 Å². The zero-order chi connectivity index (χ0) is 28.5. The molecule has 4 rings (SSSR count). The van der Waals surface area contributed by atoms with E-state index in [4.69, 9.17) is 20.2 Å². The molecule has 1 aliphatic carbocycles. The Labute approximate surface area is 236 Å². The zero-order valence-corrected chi connectivity index (χ0v) is 23.9. The molecule has 1 saturated heterocycles. The summed E-state index contributed by atoms with van der Waals surface area (Å²) in [7, 11) is 0. The Kier molecular flexibility index (Phi) is 9.89. The van der Waals surface area contributed by atoms with Crippen molar-refractivity contribution in [2.24, 2.45) is 11.8 Å². The Morgan fingerprint density at radius 2 is 1.62 bits per heavy atom. The predicted molar refractivity (Wildman–Crippen MR) is 155 cm³/mol. The van der Waals surface area contributed by atoms with E-state index in [1.807, 2.05) is 56.0 Å². The number of hydrogen-bond acceptors (Lipinski definition) is 9. The molecule has 2 fully saturated rings. The van der Waals surface area contributed by atoms with Crippen LogP contribution in [0.5, 0.6) is 0 Å². The zero-order valence-electron chi connectivity index (χ0n) is 23.9. The minimum absolute atomic E-state index is 0.262. The molecule has 11 nitrogen and oxygen atoms in total. The fourth-order valence-corrected chi connectivity index (χ4v) is 5.01. The number of amides is 2. The minimum atomic E-state index is -0.483. The molecular formula is C29H43N7O4. The molecule has 2 aromatic rings. The molecule has 2 aliphatic rings. The van der Waals surface area contributed by atoms with Gasteiger partial charge < -0.3 is 35.6 Å². The molecule has 2 amide bonds. The van der Waals surface area contributed by atoms with Gasteiger partial charge >= 0.3 is 12.2 Å². The summed E-state index contributed by atoms with van der Waals surface area (Å²) in [5, 5.41) is 6.36. The van der Waals surface area contributed by atoms with E-state index in [9.17, 15) is 9.59 Å². The molecule has 1 aliphatic heterocycles. The lowest BCUT2D eigenvalue weighted by atomic mass is 9.82. The van der Waals surface area contributed by atoms with Crippen LogP contribution in [0.3, 0.4) is 0 Å². The van der Waals surface area contributed by atoms with Crippen molar-refractivity contribution < 1.29 is 19.1 Å². The van der Waals surface area contributed by atoms with Crippen LogP contribution in [0.4, 0.5) is 27.2 Å². The first kappa shape index (κ1) is 29.2. The van der Waals surface area contributed by atoms with Crippen LogP contribution in [-0.4, -0.2) is 71.9 Å². The average Bonchev–Trinajstić information content (AvgIpc) is 2.94. The van der Waals surface area contributed by atoms with Crippen molar-refractivity contribution in [2.75, 3.05) is 55.2 Å². The molecule has 1 aromatic carbocycles. The number of rotatable bonds is 8. The molecule has 2 heterocycles. The van der Waals surface area contributed by atoms with E-state index < -0.39 is 5.60 Å². The van der Waals surface area contributed by atoms with Crippen LogP contribution < -0.4 is 21.3 Å². The van der Waals surface area contributed by atoms with Crippen LogP contribution in [0.2, 0.25) is 0 Å². The molecule has 0 radical (unpaired) electrons. The Balaban J connectivity index is 1.18. The highest BCUT2D eigenvalue weighted by atomic mass is 16.6. The van der Waals surface area contributed by atoms with E-state index >= 15 is 0 Å². The second-order valence-electron chi connectivity index (χ2n) is 11.6. The number of ether oxygens (including phenoxy) is 2. The van der Waals surface area contributed by atoms with Gasteiger partial charge in [-0.2, -0.15) is 9.97 Å². The third-order valence-corrected chi connectivity index (χ3v) is 7.23. The van der Waals surface area contributed by atoms with Crippen molar-refractivity contribution in [2.45, 2.75) is 58.7 Å². The standard InChI is InChI=1S/C29H43N7O4/c1-29(2,3)40-27(37)32-19-22-11-9-21(10-12-22)18-31-25-17-24(30)33-26(34-25)35-13-15-36(16-14-35)28(38)39-20-23-7-5-4-6-8-23/h4-8,17,21-22H,9-16,18-20H2,1-3H3,(H,32,37)(H3,30,31,33,34). The monoisotopic (exact) mass is 553 g/mol. The molecule has 11 heteroatoms. The first-order chi connectivity index (χ1) is 19.1. The minimum Gasteiger partial charge on any atom is -0.445 e. The number of alkyl carbamates (subject to hydrolysis) is 1. The topological polar surface area (TPSA) is 135 Å². The molecule has 218 valence electrons. The van der Waals surface area contributed by atoms with E-state index in [2.05, 4.69) is 15.6 Å². The van der Waals surface area contributed by atoms with Crippen LogP contribution in [0, 0.1) is 11.8 Å². The van der Waals surface area contributed by atoms with Gasteiger partial charge in [0.2, 0.25) is 5.95 Å². The molecule has 40 heavy (non-hydrogen) atoms. The maximum atomic E-state index is 12.5. The van der Waals surface area contributed by atoms with Crippen molar-refractivity contribution in [3.63, 3.8) is 0 Å². The lowest BCUT2D eigenvalue weighted by Gasteiger charge is -2.34. The van der Waals surface area contributed by atoms with E-state index in [0.29, 0.717) is 62.1 Å². The number of benzene rings is 1. The van der Waals surface area contributed by atoms with Gasteiger partial charge in [-0.25, -0.2) is 9.59 Å². The quantitative estimate of drug-likeness (QED) is 0.438. The number of nitrogens with one attached hydrogen (secondary N) is 2. The van der Waals surface area contributed by atoms with Crippen molar-refractivity contribution in [1.82, 2.24) is 20.2 Å². The second kappa shape index (κ2) is 13.5. The van der Waals surface area contributed by atoms with Crippen molar-refractivity contribution in [3.05, 3.63) is 42.0 Å². The third-order valence-electron chi connectivity index (χ3n) is 7.23. The number of anilines is 3. The van der Waals surface area contributed by atoms with Gasteiger partial charge in [-0.15, -0.1) is 0 Å². The summed E-state index contributed by atoms with van der Waals surface area (Å²) in [6.45, 7) is 9.58. The summed E-state index contributed by atoms with van der Waals surface area (Å²) >= 11 is 0. The Morgan fingerprint density at radius 1 is 0.975 bits per heavy atom. The molecule has 0 bridgehead atoms. The van der Waals surface area contributed by atoms with E-state index in [-0.39, 0.29) is 18.8 Å². The number of nitrogens with two attached hydrogens (primary N) is 1. The number of hydrogen-bond donors (Lipinski definition) is 3. The highest BCUT2D eigenvalue weighted by Gasteiger charge is 2.25. The van der Waals surface area contributed by atoms with E-state index in [1.54, 1.807) is 11.0 Å². The normalized spacial score (nSPS) is 19.6. The summed E-state index contributed by atoms with van der Waals surface area (Å²) in [4.78, 5) is 37.3. The number of piperazine rings is 1. The number of aromatic nitrogens is 2. The highest BCUT2D eigenvalue weighted by Crippen LogP contribution is 2.29. The van der Waals surface area contributed by atoms with Gasteiger partial charge in [0.25, 0.3) is 0 Å². The average molecular weight is 554 g/mol. The van der Waals surface area contributed by atoms with Crippen molar-refractivity contribution >= 4 is 29.8 Å². The molecule has 4 N–H and O–H groups in total. The third kappa shape index (κ3) is 9.17. The van der Waals surface area contributed by atoms with Crippen LogP contribution >= 0.6 is 0 Å². The summed E-state index contributed by atoms with van der Waals surface area (Å²) in [6.07, 6.45) is 3.65. The van der Waals surface area contributed by atoms with Gasteiger partial charge in [-0.3, -0.25) is 0 Å². The number of nitrogen functional groups attached to an aromatic ring is 1. The summed E-state index contributed by atoms with van der Waals surface area (Å²) in [6, 6.07) is 11.4. The van der Waals surface area contributed by atoms with Gasteiger partial charge in [0.05, 0.1) is 0 Å². The predicted octanol–water partition coefficient (Wildman–Crippen LogP) is 4.26. The summed E-state index contributed by atoms with van der Waals surface area (Å²) in [5.41, 5.74) is 6.59. The van der Waals surface area contributed by atoms with Crippen molar-refractivity contribution in [3.8, 4) is 0 Å². The number of carbonyl (C=O) groups excluding carboxylic acids is 2. The van der Waals surface area contributed by atoms with Gasteiger partial charge in [0, 0.05) is 45.3 Å². The SMILES string of the molecule is CC(C)(C)OC(=O)NCC1CCC(CNc2cc(N)nc(N3CCN(C(=O)OCc4ccccc4)CC3)n2)CC1. The lowest BCUT2D eigenvalue weighted by molar-refractivity contribution is 0.0513. The smallest absolute Gasteiger partial charge is 0.410 e. The van der Waals surface area contributed by atoms with Gasteiger partial charge in [-0.05, 0) is 63.9 Å². The maximum absolute atomic E-state index is 12.5. The Bertz CT molecular complexity index is 1110. The highest BCUT2D eigenvalue weighted by molar-refractivity contribution is 5.68. The summed E-state index contributed by atoms with van der Waals surface area (Å²) < 4.78 is 10.8. The first-order valence-corrected chi connectivity index (χ1v) is 14.2. The molecule has 1 aromatic heterocycles. The molecular weight excluding hydrogens is 510 g/mol. The molecule has 0 spiro atoms. The van der Waals surface area contributed by atoms with E-state index in [0.717, 1.165) is 37.8 Å². The van der Waals surface area contributed by atoms with Gasteiger partial charge in [0.1, 0.15) is 23.8 Å². The first-order valence-electron chi connectivity index (χ1n) is 14.2. The Hall–Kier alpha value is -3.76. The Morgan fingerprint density at radius 3 is 2.27 bits per heavy atom. The maximum Gasteiger partial charge on any atom is 0.410 e. The van der Waals surface area contributed by atoms with Crippen LogP contribution in [0.15, 0.2) is 36.4 Å². The van der Waals surface area contributed by atoms with Gasteiger partial charge in [-0.1, -0.05) is 30.3 Å². The lowest BCUT2D eigenvalue weighted by Crippen LogP contribution is -2.49. The molecule has 0 atom stereocenters. The van der Waals surface area contributed by atoms with E-state index in [1.165, 1.54) is 0 Å². The van der Waals surface area contributed by atoms with Crippen LogP contribution in [0.25, 0.3) is 0 Å². The fraction of sp³-hybridized carbons (Fsp3) is 0.586. The fourth-order valence-electron chi connectivity index (χ4n) is 5.01. The summed E-state index contributed by atoms with van der Waals surface area (Å²) in [5.74, 6) is 2.69. The molecule has 0 unspecified atom stereocenters. The number of carbonyl (C=O) groups is 2. The largest absolute Gasteiger partial charge is 0.445 e. The van der Waals surface area contributed by atoms with Gasteiger partial charge in [0.15, 0.2) is 0 Å².